The lowest BCUT2D eigenvalue weighted by Gasteiger charge is -2.05. The van der Waals surface area contributed by atoms with Crippen molar-refractivity contribution in [3.8, 4) is 16.9 Å². The number of hydrogen-bond acceptors (Lipinski definition) is 5. The minimum Gasteiger partial charge on any atom is -0.296 e. The van der Waals surface area contributed by atoms with Gasteiger partial charge in [0.25, 0.3) is 5.91 Å². The molecule has 8 heteroatoms. The maximum absolute atomic E-state index is 13.3. The molecule has 0 unspecified atom stereocenters. The Morgan fingerprint density at radius 3 is 2.83 bits per heavy atom. The molecular formula is C21H16FN5OS. The molecule has 29 heavy (non-hydrogen) atoms. The number of nitrogens with one attached hydrogen (secondary N) is 1. The average molecular weight is 405 g/mol. The summed E-state index contributed by atoms with van der Waals surface area (Å²) in [6, 6.07) is 9.90. The number of pyridine rings is 1. The van der Waals surface area contributed by atoms with Crippen LogP contribution in [-0.4, -0.2) is 25.7 Å². The van der Waals surface area contributed by atoms with Gasteiger partial charge in [-0.2, -0.15) is 5.10 Å². The number of thiazole rings is 1. The molecule has 1 N–H and O–H groups in total. The van der Waals surface area contributed by atoms with Crippen LogP contribution in [0.25, 0.3) is 16.9 Å². The van der Waals surface area contributed by atoms with E-state index in [0.29, 0.717) is 10.8 Å². The van der Waals surface area contributed by atoms with Gasteiger partial charge in [0.05, 0.1) is 11.4 Å². The largest absolute Gasteiger partial charge is 0.296 e. The third-order valence-corrected chi connectivity index (χ3v) is 5.66. The second kappa shape index (κ2) is 7.21. The molecule has 0 saturated heterocycles. The maximum Gasteiger partial charge on any atom is 0.278 e. The summed E-state index contributed by atoms with van der Waals surface area (Å²) >= 11 is 1.36. The molecule has 1 amide bonds. The minimum absolute atomic E-state index is 0.281. The summed E-state index contributed by atoms with van der Waals surface area (Å²) in [6.07, 6.45) is 6.05. The molecule has 5 rings (SSSR count). The fourth-order valence-corrected chi connectivity index (χ4v) is 4.26. The predicted molar refractivity (Wildman–Crippen MR) is 109 cm³/mol. The molecule has 1 aliphatic carbocycles. The summed E-state index contributed by atoms with van der Waals surface area (Å²) in [6.45, 7) is 0. The molecule has 0 radical (unpaired) electrons. The van der Waals surface area contributed by atoms with Crippen molar-refractivity contribution in [2.75, 3.05) is 5.32 Å². The number of rotatable bonds is 4. The molecule has 3 heterocycles. The van der Waals surface area contributed by atoms with Crippen molar-refractivity contribution in [1.29, 1.82) is 0 Å². The van der Waals surface area contributed by atoms with Gasteiger partial charge >= 0.3 is 0 Å². The van der Waals surface area contributed by atoms with Crippen LogP contribution >= 0.6 is 11.3 Å². The first-order valence-corrected chi connectivity index (χ1v) is 10.1. The van der Waals surface area contributed by atoms with Crippen LogP contribution in [0.5, 0.6) is 0 Å². The van der Waals surface area contributed by atoms with Crippen LogP contribution in [0.3, 0.4) is 0 Å². The van der Waals surface area contributed by atoms with E-state index < -0.39 is 0 Å². The first-order chi connectivity index (χ1) is 14.2. The topological polar surface area (TPSA) is 72.7 Å². The zero-order chi connectivity index (χ0) is 19.8. The Balaban J connectivity index is 1.43. The van der Waals surface area contributed by atoms with Crippen LogP contribution in [-0.2, 0) is 12.8 Å². The van der Waals surface area contributed by atoms with E-state index in [1.807, 2.05) is 17.5 Å². The number of hydrogen-bond donors (Lipinski definition) is 1. The number of carbonyl (C=O) groups is 1. The van der Waals surface area contributed by atoms with Crippen LogP contribution < -0.4 is 5.32 Å². The van der Waals surface area contributed by atoms with Crippen LogP contribution in [0.1, 0.15) is 28.2 Å². The zero-order valence-corrected chi connectivity index (χ0v) is 16.1. The van der Waals surface area contributed by atoms with E-state index in [0.717, 1.165) is 47.5 Å². The van der Waals surface area contributed by atoms with Crippen LogP contribution in [0.15, 0.2) is 54.2 Å². The van der Waals surface area contributed by atoms with Crippen molar-refractivity contribution in [1.82, 2.24) is 19.7 Å². The van der Waals surface area contributed by atoms with E-state index in [9.17, 15) is 9.18 Å². The van der Waals surface area contributed by atoms with Crippen molar-refractivity contribution < 1.29 is 9.18 Å². The van der Waals surface area contributed by atoms with Gasteiger partial charge in [-0.25, -0.2) is 14.1 Å². The van der Waals surface area contributed by atoms with Gasteiger partial charge < -0.3 is 0 Å². The standard InChI is InChI=1S/C21H16FN5OS/c22-14-6-8-15(9-7-14)27-18-5-1-4-16(18)19(26-27)20(28)25-21-24-17(12-29-21)13-3-2-10-23-11-13/h2-3,6-12H,1,4-5H2,(H,24,25,28). The smallest absolute Gasteiger partial charge is 0.278 e. The SMILES string of the molecule is O=C(Nc1nc(-c2cccnc2)cs1)c1nn(-c2ccc(F)cc2)c2c1CCC2. The Bertz CT molecular complexity index is 1180. The number of halogens is 1. The van der Waals surface area contributed by atoms with Gasteiger partial charge in [0.15, 0.2) is 10.8 Å². The molecule has 0 saturated carbocycles. The first-order valence-electron chi connectivity index (χ1n) is 9.23. The van der Waals surface area contributed by atoms with Crippen molar-refractivity contribution in [3.05, 3.63) is 76.9 Å². The number of aromatic nitrogens is 4. The Kier molecular flexibility index (Phi) is 4.40. The Morgan fingerprint density at radius 1 is 1.17 bits per heavy atom. The fraction of sp³-hybridized carbons (Fsp3) is 0.143. The summed E-state index contributed by atoms with van der Waals surface area (Å²) in [5, 5.41) is 9.80. The normalized spacial score (nSPS) is 12.7. The average Bonchev–Trinajstić information content (AvgIpc) is 3.46. The lowest BCUT2D eigenvalue weighted by atomic mass is 10.2. The van der Waals surface area contributed by atoms with Crippen molar-refractivity contribution in [3.63, 3.8) is 0 Å². The van der Waals surface area contributed by atoms with Crippen LogP contribution in [0, 0.1) is 5.82 Å². The zero-order valence-electron chi connectivity index (χ0n) is 15.3. The molecular weight excluding hydrogens is 389 g/mol. The number of carbonyl (C=O) groups excluding carboxylic acids is 1. The molecule has 0 spiro atoms. The molecule has 1 aliphatic rings. The Hall–Kier alpha value is -3.39. The summed E-state index contributed by atoms with van der Waals surface area (Å²) in [5.74, 6) is -0.584. The number of fused-ring (bicyclic) bond motifs is 1. The number of benzene rings is 1. The van der Waals surface area contributed by atoms with Crippen molar-refractivity contribution in [2.45, 2.75) is 19.3 Å². The Morgan fingerprint density at radius 2 is 2.03 bits per heavy atom. The lowest BCUT2D eigenvalue weighted by molar-refractivity contribution is 0.102. The van der Waals surface area contributed by atoms with E-state index >= 15 is 0 Å². The van der Waals surface area contributed by atoms with Gasteiger partial charge in [0.2, 0.25) is 0 Å². The number of amides is 1. The third kappa shape index (κ3) is 3.31. The van der Waals surface area contributed by atoms with Gasteiger partial charge in [0, 0.05) is 34.6 Å². The van der Waals surface area contributed by atoms with E-state index in [1.165, 1.54) is 23.5 Å². The van der Waals surface area contributed by atoms with E-state index in [-0.39, 0.29) is 11.7 Å². The molecule has 1 aromatic carbocycles. The van der Waals surface area contributed by atoms with Gasteiger partial charge in [-0.1, -0.05) is 0 Å². The Labute approximate surface area is 170 Å². The summed E-state index contributed by atoms with van der Waals surface area (Å²) in [4.78, 5) is 21.5. The molecule has 144 valence electrons. The monoisotopic (exact) mass is 405 g/mol. The molecule has 6 nitrogen and oxygen atoms in total. The highest BCUT2D eigenvalue weighted by molar-refractivity contribution is 7.14. The minimum atomic E-state index is -0.302. The highest BCUT2D eigenvalue weighted by Crippen LogP contribution is 2.29. The summed E-state index contributed by atoms with van der Waals surface area (Å²) in [5.41, 5.74) is 4.77. The molecule has 4 aromatic rings. The van der Waals surface area contributed by atoms with Gasteiger partial charge in [0.1, 0.15) is 5.82 Å². The lowest BCUT2D eigenvalue weighted by Crippen LogP contribution is -2.14. The van der Waals surface area contributed by atoms with Gasteiger partial charge in [-0.3, -0.25) is 15.1 Å². The number of nitrogens with zero attached hydrogens (tertiary/aromatic N) is 4. The van der Waals surface area contributed by atoms with Crippen molar-refractivity contribution >= 4 is 22.4 Å². The van der Waals surface area contributed by atoms with Crippen molar-refractivity contribution in [2.24, 2.45) is 0 Å². The third-order valence-electron chi connectivity index (χ3n) is 4.90. The molecule has 3 aromatic heterocycles. The van der Waals surface area contributed by atoms with E-state index in [2.05, 4.69) is 20.4 Å². The second-order valence-electron chi connectivity index (χ2n) is 6.75. The second-order valence-corrected chi connectivity index (χ2v) is 7.61. The molecule has 0 fully saturated rings. The predicted octanol–water partition coefficient (Wildman–Crippen LogP) is 4.27. The summed E-state index contributed by atoms with van der Waals surface area (Å²) in [7, 11) is 0. The highest BCUT2D eigenvalue weighted by atomic mass is 32.1. The van der Waals surface area contributed by atoms with Gasteiger partial charge in [-0.15, -0.1) is 11.3 Å². The fourth-order valence-electron chi connectivity index (χ4n) is 3.55. The van der Waals surface area contributed by atoms with Crippen LogP contribution in [0.2, 0.25) is 0 Å². The molecule has 0 bridgehead atoms. The molecule has 0 atom stereocenters. The van der Waals surface area contributed by atoms with Crippen LogP contribution in [0.4, 0.5) is 9.52 Å². The molecule has 0 aliphatic heterocycles. The quantitative estimate of drug-likeness (QED) is 0.550. The highest BCUT2D eigenvalue weighted by Gasteiger charge is 2.27. The number of anilines is 1. The first kappa shape index (κ1) is 17.7. The van der Waals surface area contributed by atoms with Gasteiger partial charge in [-0.05, 0) is 55.7 Å². The summed E-state index contributed by atoms with van der Waals surface area (Å²) < 4.78 is 15.0. The van der Waals surface area contributed by atoms with E-state index in [1.54, 1.807) is 29.2 Å². The van der Waals surface area contributed by atoms with E-state index in [4.69, 9.17) is 0 Å². The maximum atomic E-state index is 13.3.